The summed E-state index contributed by atoms with van der Waals surface area (Å²) in [5, 5.41) is 2.26. The predicted molar refractivity (Wildman–Crippen MR) is 69.5 cm³/mol. The molecule has 0 spiro atoms. The molecule has 0 atom stereocenters. The molecule has 1 aromatic heterocycles. The zero-order chi connectivity index (χ0) is 11.7. The highest BCUT2D eigenvalue weighted by Gasteiger charge is 2.06. The van der Waals surface area contributed by atoms with Crippen LogP contribution in [0.4, 0.5) is 0 Å². The minimum atomic E-state index is 0.751. The highest BCUT2D eigenvalue weighted by molar-refractivity contribution is 6.05. The summed E-state index contributed by atoms with van der Waals surface area (Å²) >= 11 is 0. The molecule has 0 aliphatic rings. The largest absolute Gasteiger partial charge is 0.494 e. The molecule has 0 bridgehead atoms. The summed E-state index contributed by atoms with van der Waals surface area (Å²) in [5.74, 6) is 0.908. The summed E-state index contributed by atoms with van der Waals surface area (Å²) in [4.78, 5) is 0. The van der Waals surface area contributed by atoms with Crippen LogP contribution < -0.4 is 4.74 Å². The number of para-hydroxylation sites is 1. The molecule has 0 amide bonds. The van der Waals surface area contributed by atoms with E-state index in [1.54, 1.807) is 0 Å². The maximum atomic E-state index is 5.76. The molecule has 3 aromatic rings. The molecule has 0 saturated carbocycles. The molecule has 0 aliphatic heterocycles. The van der Waals surface area contributed by atoms with E-state index >= 15 is 0 Å². The van der Waals surface area contributed by atoms with Gasteiger partial charge in [0, 0.05) is 10.8 Å². The van der Waals surface area contributed by atoms with E-state index < -0.39 is 0 Å². The van der Waals surface area contributed by atoms with E-state index in [-0.39, 0.29) is 0 Å². The fourth-order valence-corrected chi connectivity index (χ4v) is 2.01. The van der Waals surface area contributed by atoms with Gasteiger partial charge in [0.15, 0.2) is 0 Å². The van der Waals surface area contributed by atoms with Crippen LogP contribution in [0.25, 0.3) is 21.9 Å². The average Bonchev–Trinajstić information content (AvgIpc) is 2.74. The average molecular weight is 226 g/mol. The van der Waals surface area contributed by atoms with E-state index in [0.717, 1.165) is 40.7 Å². The summed E-state index contributed by atoms with van der Waals surface area (Å²) < 4.78 is 11.4. The van der Waals surface area contributed by atoms with Crippen LogP contribution in [0.5, 0.6) is 5.75 Å². The summed E-state index contributed by atoms with van der Waals surface area (Å²) in [7, 11) is 0. The second-order valence-corrected chi connectivity index (χ2v) is 4.10. The van der Waals surface area contributed by atoms with Crippen LogP contribution in [-0.4, -0.2) is 6.61 Å². The molecule has 0 saturated heterocycles. The molecule has 3 rings (SSSR count). The van der Waals surface area contributed by atoms with Gasteiger partial charge >= 0.3 is 0 Å². The number of benzene rings is 2. The first kappa shape index (κ1) is 10.2. The van der Waals surface area contributed by atoms with Crippen molar-refractivity contribution < 1.29 is 9.15 Å². The molecule has 2 nitrogen and oxygen atoms in total. The second-order valence-electron chi connectivity index (χ2n) is 4.10. The van der Waals surface area contributed by atoms with Gasteiger partial charge in [-0.2, -0.15) is 0 Å². The normalized spacial score (nSPS) is 11.1. The summed E-state index contributed by atoms with van der Waals surface area (Å²) in [6.07, 6.45) is 1.02. The Hall–Kier alpha value is -1.96. The van der Waals surface area contributed by atoms with Crippen LogP contribution in [0.15, 0.2) is 46.9 Å². The van der Waals surface area contributed by atoms with Gasteiger partial charge in [-0.15, -0.1) is 0 Å². The van der Waals surface area contributed by atoms with E-state index in [1.807, 2.05) is 30.3 Å². The molecule has 0 N–H and O–H groups in total. The molecule has 2 aromatic carbocycles. The van der Waals surface area contributed by atoms with E-state index in [9.17, 15) is 0 Å². The zero-order valence-corrected chi connectivity index (χ0v) is 9.77. The molecule has 0 radical (unpaired) electrons. The molecule has 86 valence electrons. The summed E-state index contributed by atoms with van der Waals surface area (Å²) in [6.45, 7) is 2.85. The Morgan fingerprint density at radius 3 is 2.71 bits per heavy atom. The van der Waals surface area contributed by atoms with Crippen molar-refractivity contribution >= 4 is 21.9 Å². The first-order valence-electron chi connectivity index (χ1n) is 5.92. The van der Waals surface area contributed by atoms with Gasteiger partial charge in [-0.3, -0.25) is 0 Å². The lowest BCUT2D eigenvalue weighted by molar-refractivity contribution is 0.318. The number of ether oxygens (including phenoxy) is 1. The van der Waals surface area contributed by atoms with Gasteiger partial charge in [-0.1, -0.05) is 25.1 Å². The van der Waals surface area contributed by atoms with Gasteiger partial charge < -0.3 is 9.15 Å². The number of rotatable bonds is 3. The Balaban J connectivity index is 2.16. The van der Waals surface area contributed by atoms with Gasteiger partial charge in [0.2, 0.25) is 0 Å². The Bertz CT molecular complexity index is 652. The molecule has 17 heavy (non-hydrogen) atoms. The summed E-state index contributed by atoms with van der Waals surface area (Å²) in [6, 6.07) is 14.1. The zero-order valence-electron chi connectivity index (χ0n) is 9.77. The second kappa shape index (κ2) is 4.13. The van der Waals surface area contributed by atoms with Gasteiger partial charge in [0.1, 0.15) is 16.9 Å². The molecule has 0 fully saturated rings. The van der Waals surface area contributed by atoms with Crippen LogP contribution in [0.2, 0.25) is 0 Å². The SMILES string of the molecule is CCCOc1ccc2oc3ccccc3c2c1. The minimum absolute atomic E-state index is 0.751. The van der Waals surface area contributed by atoms with Crippen LogP contribution in [0, 0.1) is 0 Å². The topological polar surface area (TPSA) is 22.4 Å². The van der Waals surface area contributed by atoms with Crippen LogP contribution in [-0.2, 0) is 0 Å². The number of hydrogen-bond acceptors (Lipinski definition) is 2. The molecular weight excluding hydrogens is 212 g/mol. The summed E-state index contributed by atoms with van der Waals surface area (Å²) in [5.41, 5.74) is 1.84. The Labute approximate surface area is 99.8 Å². The third kappa shape index (κ3) is 1.76. The van der Waals surface area contributed by atoms with Crippen molar-refractivity contribution in [1.29, 1.82) is 0 Å². The Kier molecular flexibility index (Phi) is 2.48. The molecule has 0 aliphatic carbocycles. The fraction of sp³-hybridized carbons (Fsp3) is 0.200. The predicted octanol–water partition coefficient (Wildman–Crippen LogP) is 4.37. The monoisotopic (exact) mass is 226 g/mol. The lowest BCUT2D eigenvalue weighted by atomic mass is 10.1. The van der Waals surface area contributed by atoms with E-state index in [2.05, 4.69) is 19.1 Å². The highest BCUT2D eigenvalue weighted by Crippen LogP contribution is 2.31. The highest BCUT2D eigenvalue weighted by atomic mass is 16.5. The molecular formula is C15H14O2. The van der Waals surface area contributed by atoms with E-state index in [4.69, 9.17) is 9.15 Å². The first-order valence-corrected chi connectivity index (χ1v) is 5.92. The van der Waals surface area contributed by atoms with Gasteiger partial charge in [0.05, 0.1) is 6.61 Å². The van der Waals surface area contributed by atoms with Crippen molar-refractivity contribution in [2.75, 3.05) is 6.61 Å². The van der Waals surface area contributed by atoms with Gasteiger partial charge in [-0.05, 0) is 30.7 Å². The van der Waals surface area contributed by atoms with E-state index in [0.29, 0.717) is 0 Å². The third-order valence-electron chi connectivity index (χ3n) is 2.82. The van der Waals surface area contributed by atoms with Gasteiger partial charge in [-0.25, -0.2) is 0 Å². The van der Waals surface area contributed by atoms with Crippen molar-refractivity contribution in [3.63, 3.8) is 0 Å². The smallest absolute Gasteiger partial charge is 0.135 e. The van der Waals surface area contributed by atoms with Crippen molar-refractivity contribution in [2.24, 2.45) is 0 Å². The maximum absolute atomic E-state index is 5.76. The van der Waals surface area contributed by atoms with Crippen LogP contribution in [0.3, 0.4) is 0 Å². The first-order chi connectivity index (χ1) is 8.38. The molecule has 1 heterocycles. The van der Waals surface area contributed by atoms with Crippen molar-refractivity contribution in [3.05, 3.63) is 42.5 Å². The van der Waals surface area contributed by atoms with Crippen LogP contribution >= 0.6 is 0 Å². The number of hydrogen-bond donors (Lipinski definition) is 0. The van der Waals surface area contributed by atoms with Crippen LogP contribution in [0.1, 0.15) is 13.3 Å². The standard InChI is InChI=1S/C15H14O2/c1-2-9-16-11-7-8-15-13(10-11)12-5-3-4-6-14(12)17-15/h3-8,10H,2,9H2,1H3. The van der Waals surface area contributed by atoms with Crippen molar-refractivity contribution in [1.82, 2.24) is 0 Å². The number of fused-ring (bicyclic) bond motifs is 3. The van der Waals surface area contributed by atoms with Gasteiger partial charge in [0.25, 0.3) is 0 Å². The molecule has 0 unspecified atom stereocenters. The maximum Gasteiger partial charge on any atom is 0.135 e. The van der Waals surface area contributed by atoms with Crippen molar-refractivity contribution in [3.8, 4) is 5.75 Å². The third-order valence-corrected chi connectivity index (χ3v) is 2.82. The molecule has 2 heteroatoms. The lowest BCUT2D eigenvalue weighted by Crippen LogP contribution is -1.94. The lowest BCUT2D eigenvalue weighted by Gasteiger charge is -2.03. The fourth-order valence-electron chi connectivity index (χ4n) is 2.01. The number of furan rings is 1. The van der Waals surface area contributed by atoms with E-state index in [1.165, 1.54) is 0 Å². The quantitative estimate of drug-likeness (QED) is 0.661. The Morgan fingerprint density at radius 2 is 1.82 bits per heavy atom. The van der Waals surface area contributed by atoms with Crippen molar-refractivity contribution in [2.45, 2.75) is 13.3 Å². The minimum Gasteiger partial charge on any atom is -0.494 e. The Morgan fingerprint density at radius 1 is 1.00 bits per heavy atom.